The largest absolute Gasteiger partial charge is 0.385 e. The molecule has 1 aliphatic rings. The van der Waals surface area contributed by atoms with Crippen molar-refractivity contribution in [1.82, 2.24) is 4.98 Å². The van der Waals surface area contributed by atoms with Gasteiger partial charge in [-0.15, -0.1) is 11.3 Å². The Bertz CT molecular complexity index is 470. The third-order valence-corrected chi connectivity index (χ3v) is 4.46. The van der Waals surface area contributed by atoms with Crippen molar-refractivity contribution in [2.24, 2.45) is 5.92 Å². The molecule has 0 radical (unpaired) electrons. The molecule has 2 nitrogen and oxygen atoms in total. The van der Waals surface area contributed by atoms with Crippen LogP contribution in [0, 0.1) is 5.92 Å². The van der Waals surface area contributed by atoms with E-state index in [1.807, 2.05) is 11.6 Å². The molecule has 0 unspecified atom stereocenters. The molecule has 0 atom stereocenters. The first-order valence-electron chi connectivity index (χ1n) is 6.65. The fraction of sp³-hybridized carbons (Fsp3) is 0.400. The Morgan fingerprint density at radius 3 is 2.61 bits per heavy atom. The molecule has 0 spiro atoms. The van der Waals surface area contributed by atoms with Crippen molar-refractivity contribution >= 4 is 17.0 Å². The average Bonchev–Trinajstić information content (AvgIpc) is 3.10. The minimum Gasteiger partial charge on any atom is -0.385 e. The number of nitrogens with one attached hydrogen (secondary N) is 1. The van der Waals surface area contributed by atoms with Crippen LogP contribution in [0.3, 0.4) is 0 Å². The molecule has 94 valence electrons. The Labute approximate surface area is 112 Å². The summed E-state index contributed by atoms with van der Waals surface area (Å²) in [5.41, 5.74) is 2.43. The topological polar surface area (TPSA) is 24.9 Å². The lowest BCUT2D eigenvalue weighted by atomic mass is 10.1. The molecule has 0 saturated heterocycles. The normalized spacial score (nSPS) is 16.0. The number of hydrogen-bond donors (Lipinski definition) is 1. The molecule has 0 bridgehead atoms. The molecular formula is C15H18N2S. The molecule has 1 aromatic heterocycles. The monoisotopic (exact) mass is 258 g/mol. The van der Waals surface area contributed by atoms with Crippen molar-refractivity contribution in [3.63, 3.8) is 0 Å². The minimum atomic E-state index is 0.878. The lowest BCUT2D eigenvalue weighted by molar-refractivity contribution is 0.580. The lowest BCUT2D eigenvalue weighted by Crippen LogP contribution is -2.10. The number of rotatable bonds is 4. The minimum absolute atomic E-state index is 0.878. The first-order chi connectivity index (χ1) is 8.92. The van der Waals surface area contributed by atoms with Crippen molar-refractivity contribution in [1.29, 1.82) is 0 Å². The van der Waals surface area contributed by atoms with Crippen LogP contribution in [0.5, 0.6) is 0 Å². The van der Waals surface area contributed by atoms with Crippen molar-refractivity contribution in [3.8, 4) is 10.6 Å². The summed E-state index contributed by atoms with van der Waals surface area (Å²) >= 11 is 1.68. The molecule has 3 rings (SSSR count). The second-order valence-corrected chi connectivity index (χ2v) is 5.84. The Morgan fingerprint density at radius 1 is 1.17 bits per heavy atom. The highest BCUT2D eigenvalue weighted by Crippen LogP contribution is 2.26. The van der Waals surface area contributed by atoms with Gasteiger partial charge in [0.15, 0.2) is 0 Å². The zero-order chi connectivity index (χ0) is 12.2. The van der Waals surface area contributed by atoms with Gasteiger partial charge in [0.05, 0.1) is 0 Å². The van der Waals surface area contributed by atoms with Gasteiger partial charge in [-0.25, -0.2) is 4.98 Å². The van der Waals surface area contributed by atoms with E-state index in [1.165, 1.54) is 36.9 Å². The van der Waals surface area contributed by atoms with Crippen molar-refractivity contribution in [2.45, 2.75) is 25.7 Å². The second kappa shape index (κ2) is 5.53. The van der Waals surface area contributed by atoms with E-state index in [-0.39, 0.29) is 0 Å². The predicted octanol–water partition coefficient (Wildman–Crippen LogP) is 4.41. The Kier molecular flexibility index (Phi) is 3.60. The Hall–Kier alpha value is -1.35. The van der Waals surface area contributed by atoms with Crippen LogP contribution in [-0.4, -0.2) is 11.5 Å². The zero-order valence-corrected chi connectivity index (χ0v) is 11.2. The number of thiazole rings is 1. The van der Waals surface area contributed by atoms with Crippen LogP contribution in [0.1, 0.15) is 25.7 Å². The predicted molar refractivity (Wildman–Crippen MR) is 78.0 cm³/mol. The van der Waals surface area contributed by atoms with E-state index in [2.05, 4.69) is 34.6 Å². The van der Waals surface area contributed by atoms with Gasteiger partial charge in [0.1, 0.15) is 5.01 Å². The molecule has 1 aliphatic carbocycles. The molecule has 18 heavy (non-hydrogen) atoms. The average molecular weight is 258 g/mol. The van der Waals surface area contributed by atoms with E-state index in [4.69, 9.17) is 0 Å². The number of benzene rings is 1. The van der Waals surface area contributed by atoms with Gasteiger partial charge in [-0.2, -0.15) is 0 Å². The molecule has 1 fully saturated rings. The van der Waals surface area contributed by atoms with Gasteiger partial charge in [0.25, 0.3) is 0 Å². The molecule has 0 aliphatic heterocycles. The van der Waals surface area contributed by atoms with Gasteiger partial charge in [-0.05, 0) is 43.0 Å². The summed E-state index contributed by atoms with van der Waals surface area (Å²) in [4.78, 5) is 4.32. The summed E-state index contributed by atoms with van der Waals surface area (Å²) in [6.07, 6.45) is 7.46. The molecule has 3 heteroatoms. The fourth-order valence-corrected chi connectivity index (χ4v) is 3.22. The molecular weight excluding hydrogens is 240 g/mol. The molecule has 0 amide bonds. The van der Waals surface area contributed by atoms with Crippen LogP contribution in [0.4, 0.5) is 5.69 Å². The summed E-state index contributed by atoms with van der Waals surface area (Å²) in [6, 6.07) is 8.61. The zero-order valence-electron chi connectivity index (χ0n) is 10.4. The third kappa shape index (κ3) is 2.72. The summed E-state index contributed by atoms with van der Waals surface area (Å²) in [6.45, 7) is 1.12. The van der Waals surface area contributed by atoms with Gasteiger partial charge in [-0.3, -0.25) is 0 Å². The summed E-state index contributed by atoms with van der Waals surface area (Å²) in [5.74, 6) is 0.878. The quantitative estimate of drug-likeness (QED) is 0.878. The molecule has 1 heterocycles. The number of anilines is 1. The van der Waals surface area contributed by atoms with E-state index < -0.39 is 0 Å². The van der Waals surface area contributed by atoms with Crippen molar-refractivity contribution < 1.29 is 0 Å². The highest BCUT2D eigenvalue weighted by atomic mass is 32.1. The number of nitrogens with zero attached hydrogens (tertiary/aromatic N) is 1. The first-order valence-corrected chi connectivity index (χ1v) is 7.53. The fourth-order valence-electron chi connectivity index (χ4n) is 2.57. The highest BCUT2D eigenvalue weighted by Gasteiger charge is 2.14. The van der Waals surface area contributed by atoms with Crippen LogP contribution >= 0.6 is 11.3 Å². The maximum absolute atomic E-state index is 4.32. The standard InChI is InChI=1S/C15H18N2S/c1-2-4-12(3-1)11-17-14-7-5-13(6-8-14)15-16-9-10-18-15/h5-10,12,17H,1-4,11H2. The lowest BCUT2D eigenvalue weighted by Gasteiger charge is -2.11. The molecule has 2 aromatic rings. The number of hydrogen-bond acceptors (Lipinski definition) is 3. The van der Waals surface area contributed by atoms with Crippen molar-refractivity contribution in [2.75, 3.05) is 11.9 Å². The second-order valence-electron chi connectivity index (χ2n) is 4.95. The van der Waals surface area contributed by atoms with Gasteiger partial charge in [-0.1, -0.05) is 12.8 Å². The molecule has 1 N–H and O–H groups in total. The summed E-state index contributed by atoms with van der Waals surface area (Å²) in [7, 11) is 0. The third-order valence-electron chi connectivity index (χ3n) is 3.63. The van der Waals surface area contributed by atoms with Gasteiger partial charge >= 0.3 is 0 Å². The Morgan fingerprint density at radius 2 is 1.94 bits per heavy atom. The van der Waals surface area contributed by atoms with Gasteiger partial charge in [0, 0.05) is 29.4 Å². The summed E-state index contributed by atoms with van der Waals surface area (Å²) in [5, 5.41) is 6.65. The smallest absolute Gasteiger partial charge is 0.123 e. The summed E-state index contributed by atoms with van der Waals surface area (Å²) < 4.78 is 0. The van der Waals surface area contributed by atoms with E-state index in [0.717, 1.165) is 17.5 Å². The van der Waals surface area contributed by atoms with Crippen LogP contribution in [0.25, 0.3) is 10.6 Å². The van der Waals surface area contributed by atoms with Gasteiger partial charge in [0.2, 0.25) is 0 Å². The maximum Gasteiger partial charge on any atom is 0.123 e. The van der Waals surface area contributed by atoms with Gasteiger partial charge < -0.3 is 5.32 Å². The molecule has 1 aromatic carbocycles. The van der Waals surface area contributed by atoms with Crippen LogP contribution in [0.15, 0.2) is 35.8 Å². The van der Waals surface area contributed by atoms with Crippen molar-refractivity contribution in [3.05, 3.63) is 35.8 Å². The number of aromatic nitrogens is 1. The van der Waals surface area contributed by atoms with E-state index in [9.17, 15) is 0 Å². The van der Waals surface area contributed by atoms with E-state index in [0.29, 0.717) is 0 Å². The van der Waals surface area contributed by atoms with E-state index >= 15 is 0 Å². The van der Waals surface area contributed by atoms with Crippen LogP contribution in [-0.2, 0) is 0 Å². The first kappa shape index (κ1) is 11.7. The van der Waals surface area contributed by atoms with Crippen LogP contribution in [0.2, 0.25) is 0 Å². The molecule has 1 saturated carbocycles. The highest BCUT2D eigenvalue weighted by molar-refractivity contribution is 7.13. The Balaban J connectivity index is 1.60. The SMILES string of the molecule is c1csc(-c2ccc(NCC3CCCC3)cc2)n1. The maximum atomic E-state index is 4.32. The van der Waals surface area contributed by atoms with Crippen LogP contribution < -0.4 is 5.32 Å². The van der Waals surface area contributed by atoms with E-state index in [1.54, 1.807) is 11.3 Å².